The van der Waals surface area contributed by atoms with Gasteiger partial charge in [0, 0.05) is 18.1 Å². The molecular formula is C22H22ClN3O3S. The summed E-state index contributed by atoms with van der Waals surface area (Å²) in [6.07, 6.45) is 0. The molecule has 8 heteroatoms. The second kappa shape index (κ2) is 8.79. The molecular weight excluding hydrogens is 422 g/mol. The first kappa shape index (κ1) is 20.9. The highest BCUT2D eigenvalue weighted by Crippen LogP contribution is 2.28. The molecule has 0 spiro atoms. The van der Waals surface area contributed by atoms with Crippen LogP contribution in [-0.4, -0.2) is 51.9 Å². The molecule has 2 heterocycles. The third-order valence-electron chi connectivity index (χ3n) is 5.11. The van der Waals surface area contributed by atoms with Crippen LogP contribution < -0.4 is 5.56 Å². The van der Waals surface area contributed by atoms with Crippen LogP contribution >= 0.6 is 23.4 Å². The van der Waals surface area contributed by atoms with Gasteiger partial charge in [-0.1, -0.05) is 41.6 Å². The highest BCUT2D eigenvalue weighted by Gasteiger charge is 2.26. The number of thioether (sulfide) groups is 1. The standard InChI is InChI=1S/C22H22ClN3O3S/c1-14-5-3-4-6-19(14)26-21(28)17-8-7-16(23)13-18(17)24-22(26)30-15(2)20(27)25-9-11-29-12-10-25/h3-8,13,15H,9-12H2,1-2H3. The summed E-state index contributed by atoms with van der Waals surface area (Å²) < 4.78 is 6.94. The zero-order chi connectivity index (χ0) is 21.3. The molecule has 1 aliphatic rings. The molecule has 0 bridgehead atoms. The Bertz CT molecular complexity index is 1160. The highest BCUT2D eigenvalue weighted by atomic mass is 35.5. The van der Waals surface area contributed by atoms with Crippen LogP contribution in [0.25, 0.3) is 16.6 Å². The molecule has 1 saturated heterocycles. The largest absolute Gasteiger partial charge is 0.378 e. The van der Waals surface area contributed by atoms with Gasteiger partial charge < -0.3 is 9.64 Å². The fourth-order valence-corrected chi connectivity index (χ4v) is 4.66. The molecule has 1 aliphatic heterocycles. The van der Waals surface area contributed by atoms with Crippen LogP contribution in [-0.2, 0) is 9.53 Å². The van der Waals surface area contributed by atoms with Crippen molar-refractivity contribution in [3.8, 4) is 5.69 Å². The monoisotopic (exact) mass is 443 g/mol. The second-order valence-corrected chi connectivity index (χ2v) is 8.93. The van der Waals surface area contributed by atoms with Crippen molar-refractivity contribution < 1.29 is 9.53 Å². The Morgan fingerprint density at radius 2 is 1.93 bits per heavy atom. The quantitative estimate of drug-likeness (QED) is 0.454. The van der Waals surface area contributed by atoms with E-state index in [0.717, 1.165) is 11.3 Å². The summed E-state index contributed by atoms with van der Waals surface area (Å²) in [5.74, 6) is 0.0140. The Balaban J connectivity index is 1.81. The van der Waals surface area contributed by atoms with Crippen molar-refractivity contribution in [1.29, 1.82) is 0 Å². The third-order valence-corrected chi connectivity index (χ3v) is 6.38. The number of amides is 1. The van der Waals surface area contributed by atoms with Crippen molar-refractivity contribution in [1.82, 2.24) is 14.5 Å². The van der Waals surface area contributed by atoms with Crippen LogP contribution in [0.1, 0.15) is 12.5 Å². The van der Waals surface area contributed by atoms with Gasteiger partial charge in [-0.2, -0.15) is 0 Å². The number of aryl methyl sites for hydroxylation is 1. The number of carbonyl (C=O) groups excluding carboxylic acids is 1. The number of carbonyl (C=O) groups is 1. The van der Waals surface area contributed by atoms with Crippen LogP contribution in [0.4, 0.5) is 0 Å². The number of nitrogens with zero attached hydrogens (tertiary/aromatic N) is 3. The number of fused-ring (bicyclic) bond motifs is 1. The highest BCUT2D eigenvalue weighted by molar-refractivity contribution is 8.00. The average molecular weight is 444 g/mol. The molecule has 1 aromatic heterocycles. The number of morpholine rings is 1. The van der Waals surface area contributed by atoms with E-state index in [1.54, 1.807) is 27.7 Å². The van der Waals surface area contributed by atoms with Crippen molar-refractivity contribution in [2.75, 3.05) is 26.3 Å². The Hall–Kier alpha value is -2.35. The van der Waals surface area contributed by atoms with E-state index in [1.165, 1.54) is 11.8 Å². The molecule has 2 aromatic carbocycles. The van der Waals surface area contributed by atoms with Gasteiger partial charge in [-0.05, 0) is 43.7 Å². The summed E-state index contributed by atoms with van der Waals surface area (Å²) in [5.41, 5.74) is 2.04. The van der Waals surface area contributed by atoms with E-state index < -0.39 is 5.25 Å². The van der Waals surface area contributed by atoms with Crippen LogP contribution in [0.5, 0.6) is 0 Å². The first-order chi connectivity index (χ1) is 14.5. The number of ether oxygens (including phenoxy) is 1. The van der Waals surface area contributed by atoms with E-state index in [2.05, 4.69) is 0 Å². The van der Waals surface area contributed by atoms with Gasteiger partial charge in [-0.3, -0.25) is 14.2 Å². The van der Waals surface area contributed by atoms with Gasteiger partial charge in [0.15, 0.2) is 5.16 Å². The van der Waals surface area contributed by atoms with Gasteiger partial charge in [-0.25, -0.2) is 4.98 Å². The third kappa shape index (κ3) is 4.10. The number of benzene rings is 2. The van der Waals surface area contributed by atoms with Gasteiger partial charge in [0.25, 0.3) is 5.56 Å². The van der Waals surface area contributed by atoms with Gasteiger partial charge in [0.1, 0.15) is 0 Å². The minimum atomic E-state index is -0.401. The van der Waals surface area contributed by atoms with Crippen LogP contribution in [0.2, 0.25) is 5.02 Å². The molecule has 4 rings (SSSR count). The maximum atomic E-state index is 13.4. The lowest BCUT2D eigenvalue weighted by Gasteiger charge is -2.29. The predicted octanol–water partition coefficient (Wildman–Crippen LogP) is 3.69. The number of hydrogen-bond donors (Lipinski definition) is 0. The molecule has 0 N–H and O–H groups in total. The zero-order valence-corrected chi connectivity index (χ0v) is 18.4. The van der Waals surface area contributed by atoms with E-state index >= 15 is 0 Å². The number of rotatable bonds is 4. The lowest BCUT2D eigenvalue weighted by Crippen LogP contribution is -2.44. The minimum Gasteiger partial charge on any atom is -0.378 e. The first-order valence-electron chi connectivity index (χ1n) is 9.77. The summed E-state index contributed by atoms with van der Waals surface area (Å²) >= 11 is 7.42. The smallest absolute Gasteiger partial charge is 0.266 e. The molecule has 6 nitrogen and oxygen atoms in total. The first-order valence-corrected chi connectivity index (χ1v) is 11.0. The number of halogens is 1. The Morgan fingerprint density at radius 3 is 2.67 bits per heavy atom. The van der Waals surface area contributed by atoms with Crippen LogP contribution in [0.15, 0.2) is 52.4 Å². The average Bonchev–Trinajstić information content (AvgIpc) is 2.74. The van der Waals surface area contributed by atoms with Gasteiger partial charge in [-0.15, -0.1) is 0 Å². The maximum absolute atomic E-state index is 13.4. The number of hydrogen-bond acceptors (Lipinski definition) is 5. The molecule has 0 radical (unpaired) electrons. The second-order valence-electron chi connectivity index (χ2n) is 7.18. The molecule has 0 saturated carbocycles. The maximum Gasteiger partial charge on any atom is 0.266 e. The lowest BCUT2D eigenvalue weighted by molar-refractivity contribution is -0.134. The van der Waals surface area contributed by atoms with Crippen molar-refractivity contribution >= 4 is 40.2 Å². The van der Waals surface area contributed by atoms with Crippen LogP contribution in [0.3, 0.4) is 0 Å². The number of aromatic nitrogens is 2. The SMILES string of the molecule is Cc1ccccc1-n1c(SC(C)C(=O)N2CCOCC2)nc2cc(Cl)ccc2c1=O. The fraction of sp³-hybridized carbons (Fsp3) is 0.318. The zero-order valence-electron chi connectivity index (χ0n) is 16.8. The number of para-hydroxylation sites is 1. The summed E-state index contributed by atoms with van der Waals surface area (Å²) in [4.78, 5) is 32.9. The van der Waals surface area contributed by atoms with Crippen LogP contribution in [0, 0.1) is 6.92 Å². The summed E-state index contributed by atoms with van der Waals surface area (Å²) in [6, 6.07) is 12.7. The summed E-state index contributed by atoms with van der Waals surface area (Å²) in [6.45, 7) is 6.04. The Morgan fingerprint density at radius 1 is 1.20 bits per heavy atom. The topological polar surface area (TPSA) is 64.4 Å². The van der Waals surface area contributed by atoms with Crippen molar-refractivity contribution in [3.63, 3.8) is 0 Å². The molecule has 1 atom stereocenters. The Labute approximate surface area is 183 Å². The molecule has 30 heavy (non-hydrogen) atoms. The molecule has 1 fully saturated rings. The van der Waals surface area contributed by atoms with Gasteiger partial charge in [0.05, 0.1) is 35.1 Å². The molecule has 0 aliphatic carbocycles. The van der Waals surface area contributed by atoms with Gasteiger partial charge in [0.2, 0.25) is 5.91 Å². The molecule has 1 unspecified atom stereocenters. The fourth-order valence-electron chi connectivity index (χ4n) is 3.49. The summed E-state index contributed by atoms with van der Waals surface area (Å²) in [7, 11) is 0. The van der Waals surface area contributed by atoms with Crippen molar-refractivity contribution in [2.45, 2.75) is 24.3 Å². The van der Waals surface area contributed by atoms with E-state index in [9.17, 15) is 9.59 Å². The molecule has 156 valence electrons. The Kier molecular flexibility index (Phi) is 6.13. The summed E-state index contributed by atoms with van der Waals surface area (Å²) in [5, 5.41) is 1.07. The predicted molar refractivity (Wildman–Crippen MR) is 120 cm³/mol. The van der Waals surface area contributed by atoms with Crippen molar-refractivity contribution in [2.24, 2.45) is 0 Å². The van der Waals surface area contributed by atoms with E-state index in [1.807, 2.05) is 38.1 Å². The van der Waals surface area contributed by atoms with E-state index in [4.69, 9.17) is 21.3 Å². The van der Waals surface area contributed by atoms with Crippen molar-refractivity contribution in [3.05, 3.63) is 63.4 Å². The lowest BCUT2D eigenvalue weighted by atomic mass is 10.2. The minimum absolute atomic E-state index is 0.0140. The van der Waals surface area contributed by atoms with Gasteiger partial charge >= 0.3 is 0 Å². The molecule has 1 amide bonds. The molecule has 3 aromatic rings. The normalized spacial score (nSPS) is 15.4. The van der Waals surface area contributed by atoms with E-state index in [-0.39, 0.29) is 11.5 Å². The van der Waals surface area contributed by atoms with E-state index in [0.29, 0.717) is 47.4 Å².